The lowest BCUT2D eigenvalue weighted by molar-refractivity contribution is 0.306. The van der Waals surface area contributed by atoms with Crippen molar-refractivity contribution in [3.05, 3.63) is 71.7 Å². The van der Waals surface area contributed by atoms with Crippen molar-refractivity contribution in [1.29, 1.82) is 0 Å². The zero-order valence-electron chi connectivity index (χ0n) is 15.7. The molecule has 1 aliphatic carbocycles. The first-order valence-corrected chi connectivity index (χ1v) is 9.72. The highest BCUT2D eigenvalue weighted by atomic mass is 16.5. The second-order valence-electron chi connectivity index (χ2n) is 7.35. The Morgan fingerprint density at radius 1 is 1.07 bits per heavy atom. The molecule has 0 atom stereocenters. The standard InChI is InChI=1S/C22H18N6O/c1-3-14(12-29-18-8-7-15-4-2-5-16(15)10-18)9-17(6-1)20-25-22-19-11-24-26-21(19)23-13-28(22)27-20/h1,3,6-11,13H,2,4-5,12H2,(H,24,26). The molecular formula is C22H18N6O. The monoisotopic (exact) mass is 382 g/mol. The summed E-state index contributed by atoms with van der Waals surface area (Å²) in [6.07, 6.45) is 6.95. The Hall–Kier alpha value is -3.74. The van der Waals surface area contributed by atoms with Crippen molar-refractivity contribution in [2.75, 3.05) is 0 Å². The SMILES string of the molecule is c1cc(COc2ccc3c(c2)CCC3)cc(-c2nc3c4cn[nH]c4ncn3n2)c1. The third kappa shape index (κ3) is 2.82. The Labute approximate surface area is 166 Å². The van der Waals surface area contributed by atoms with Gasteiger partial charge in [0.2, 0.25) is 0 Å². The van der Waals surface area contributed by atoms with Gasteiger partial charge in [-0.1, -0.05) is 24.3 Å². The van der Waals surface area contributed by atoms with E-state index in [4.69, 9.17) is 9.72 Å². The lowest BCUT2D eigenvalue weighted by Gasteiger charge is -2.09. The molecule has 0 saturated heterocycles. The summed E-state index contributed by atoms with van der Waals surface area (Å²) in [5.41, 5.74) is 6.34. The molecule has 0 bridgehead atoms. The molecule has 7 heteroatoms. The number of aryl methyl sites for hydroxylation is 2. The zero-order chi connectivity index (χ0) is 19.2. The van der Waals surface area contributed by atoms with Crippen LogP contribution in [0.5, 0.6) is 5.75 Å². The minimum absolute atomic E-state index is 0.507. The predicted octanol–water partition coefficient (Wildman–Crippen LogP) is 3.74. The van der Waals surface area contributed by atoms with E-state index >= 15 is 0 Å². The minimum atomic E-state index is 0.507. The van der Waals surface area contributed by atoms with Crippen molar-refractivity contribution >= 4 is 16.7 Å². The van der Waals surface area contributed by atoms with Crippen LogP contribution in [0.2, 0.25) is 0 Å². The lowest BCUT2D eigenvalue weighted by Crippen LogP contribution is -1.97. The predicted molar refractivity (Wildman–Crippen MR) is 109 cm³/mol. The second-order valence-corrected chi connectivity index (χ2v) is 7.35. The van der Waals surface area contributed by atoms with Crippen molar-refractivity contribution in [2.24, 2.45) is 0 Å². The molecule has 3 heterocycles. The normalized spacial score (nSPS) is 13.2. The van der Waals surface area contributed by atoms with Crippen LogP contribution >= 0.6 is 0 Å². The van der Waals surface area contributed by atoms with Gasteiger partial charge in [-0.2, -0.15) is 5.10 Å². The Balaban J connectivity index is 1.28. The Morgan fingerprint density at radius 2 is 2.03 bits per heavy atom. The molecule has 0 amide bonds. The first-order chi connectivity index (χ1) is 14.3. The lowest BCUT2D eigenvalue weighted by atomic mass is 10.1. The van der Waals surface area contributed by atoms with Crippen LogP contribution < -0.4 is 4.74 Å². The van der Waals surface area contributed by atoms with Crippen LogP contribution in [-0.4, -0.2) is 29.8 Å². The smallest absolute Gasteiger partial charge is 0.182 e. The molecule has 1 N–H and O–H groups in total. The number of H-pyrrole nitrogens is 1. The fourth-order valence-electron chi connectivity index (χ4n) is 3.97. The number of nitrogens with zero attached hydrogens (tertiary/aromatic N) is 5. The van der Waals surface area contributed by atoms with E-state index in [1.165, 1.54) is 24.0 Å². The molecule has 0 fully saturated rings. The molecule has 6 rings (SSSR count). The molecule has 0 aliphatic heterocycles. The van der Waals surface area contributed by atoms with E-state index in [1.807, 2.05) is 12.1 Å². The summed E-state index contributed by atoms with van der Waals surface area (Å²) in [6.45, 7) is 0.507. The molecular weight excluding hydrogens is 364 g/mol. The largest absolute Gasteiger partial charge is 0.489 e. The van der Waals surface area contributed by atoms with Crippen LogP contribution in [0, 0.1) is 0 Å². The number of aromatic amines is 1. The fourth-order valence-corrected chi connectivity index (χ4v) is 3.97. The number of aromatic nitrogens is 6. The van der Waals surface area contributed by atoms with Gasteiger partial charge in [-0.15, -0.1) is 5.10 Å². The molecule has 0 spiro atoms. The number of hydrogen-bond donors (Lipinski definition) is 1. The number of rotatable bonds is 4. The maximum absolute atomic E-state index is 6.05. The van der Waals surface area contributed by atoms with Gasteiger partial charge in [0.25, 0.3) is 0 Å². The van der Waals surface area contributed by atoms with Gasteiger partial charge in [-0.3, -0.25) is 5.10 Å². The molecule has 142 valence electrons. The van der Waals surface area contributed by atoms with Gasteiger partial charge in [-0.25, -0.2) is 14.5 Å². The van der Waals surface area contributed by atoms with Crippen molar-refractivity contribution in [1.82, 2.24) is 29.8 Å². The maximum atomic E-state index is 6.05. The average Bonchev–Trinajstić information content (AvgIpc) is 3.50. The maximum Gasteiger partial charge on any atom is 0.182 e. The highest BCUT2D eigenvalue weighted by Crippen LogP contribution is 2.27. The highest BCUT2D eigenvalue weighted by molar-refractivity contribution is 5.88. The highest BCUT2D eigenvalue weighted by Gasteiger charge is 2.13. The summed E-state index contributed by atoms with van der Waals surface area (Å²) < 4.78 is 7.73. The van der Waals surface area contributed by atoms with Gasteiger partial charge in [-0.05, 0) is 54.2 Å². The van der Waals surface area contributed by atoms with Crippen molar-refractivity contribution in [3.8, 4) is 17.1 Å². The third-order valence-electron chi connectivity index (χ3n) is 5.45. The van der Waals surface area contributed by atoms with Crippen LogP contribution in [0.4, 0.5) is 0 Å². The molecule has 0 unspecified atom stereocenters. The van der Waals surface area contributed by atoms with Crippen LogP contribution in [0.25, 0.3) is 28.1 Å². The van der Waals surface area contributed by atoms with Gasteiger partial charge >= 0.3 is 0 Å². The summed E-state index contributed by atoms with van der Waals surface area (Å²) in [6, 6.07) is 14.6. The molecule has 0 saturated carbocycles. The first-order valence-electron chi connectivity index (χ1n) is 9.72. The molecule has 0 radical (unpaired) electrons. The third-order valence-corrected chi connectivity index (χ3v) is 5.45. The van der Waals surface area contributed by atoms with Gasteiger partial charge < -0.3 is 4.74 Å². The summed E-state index contributed by atoms with van der Waals surface area (Å²) in [5, 5.41) is 12.3. The van der Waals surface area contributed by atoms with E-state index in [-0.39, 0.29) is 0 Å². The quantitative estimate of drug-likeness (QED) is 0.512. The van der Waals surface area contributed by atoms with Crippen LogP contribution in [0.15, 0.2) is 55.0 Å². The Bertz CT molecular complexity index is 1350. The van der Waals surface area contributed by atoms with Gasteiger partial charge in [0, 0.05) is 5.56 Å². The minimum Gasteiger partial charge on any atom is -0.489 e. The number of nitrogens with one attached hydrogen (secondary N) is 1. The molecule has 7 nitrogen and oxygen atoms in total. The Kier molecular flexibility index (Phi) is 3.59. The van der Waals surface area contributed by atoms with Crippen molar-refractivity contribution in [3.63, 3.8) is 0 Å². The van der Waals surface area contributed by atoms with Gasteiger partial charge in [0.15, 0.2) is 17.1 Å². The number of ether oxygens (including phenoxy) is 1. The summed E-state index contributed by atoms with van der Waals surface area (Å²) in [4.78, 5) is 9.00. The number of fused-ring (bicyclic) bond motifs is 4. The molecule has 3 aromatic heterocycles. The fraction of sp³-hybridized carbons (Fsp3) is 0.182. The van der Waals surface area contributed by atoms with E-state index < -0.39 is 0 Å². The van der Waals surface area contributed by atoms with Crippen LogP contribution in [0.3, 0.4) is 0 Å². The molecule has 29 heavy (non-hydrogen) atoms. The molecule has 2 aromatic carbocycles. The first kappa shape index (κ1) is 16.2. The number of benzene rings is 2. The van der Waals surface area contributed by atoms with E-state index in [9.17, 15) is 0 Å². The zero-order valence-corrected chi connectivity index (χ0v) is 15.7. The summed E-state index contributed by atoms with van der Waals surface area (Å²) >= 11 is 0. The van der Waals surface area contributed by atoms with Crippen LogP contribution in [0.1, 0.15) is 23.1 Å². The van der Waals surface area contributed by atoms with Gasteiger partial charge in [0.1, 0.15) is 18.7 Å². The average molecular weight is 382 g/mol. The number of hydrogen-bond acceptors (Lipinski definition) is 5. The van der Waals surface area contributed by atoms with E-state index in [1.54, 1.807) is 17.0 Å². The van der Waals surface area contributed by atoms with E-state index in [2.05, 4.69) is 50.6 Å². The van der Waals surface area contributed by atoms with Gasteiger partial charge in [0.05, 0.1) is 11.6 Å². The van der Waals surface area contributed by atoms with Crippen LogP contribution in [-0.2, 0) is 19.4 Å². The summed E-state index contributed by atoms with van der Waals surface area (Å²) in [5.74, 6) is 1.58. The topological polar surface area (TPSA) is 81.0 Å². The molecule has 5 aromatic rings. The van der Waals surface area contributed by atoms with Crippen molar-refractivity contribution < 1.29 is 4.74 Å². The second kappa shape index (κ2) is 6.41. The van der Waals surface area contributed by atoms with E-state index in [0.717, 1.165) is 34.3 Å². The van der Waals surface area contributed by atoms with E-state index in [0.29, 0.717) is 18.1 Å². The summed E-state index contributed by atoms with van der Waals surface area (Å²) in [7, 11) is 0. The molecule has 1 aliphatic rings. The van der Waals surface area contributed by atoms with Crippen molar-refractivity contribution in [2.45, 2.75) is 25.9 Å². The Morgan fingerprint density at radius 3 is 3.03 bits per heavy atom.